The Balaban J connectivity index is 1.69. The number of carbonyl (C=O) groups excluding carboxylic acids is 1. The van der Waals surface area contributed by atoms with Gasteiger partial charge in [0.25, 0.3) is 5.91 Å². The van der Waals surface area contributed by atoms with E-state index in [0.29, 0.717) is 18.1 Å². The second-order valence-corrected chi connectivity index (χ2v) is 6.53. The van der Waals surface area contributed by atoms with E-state index >= 15 is 0 Å². The molecule has 3 N–H and O–H groups in total. The van der Waals surface area contributed by atoms with Crippen molar-refractivity contribution in [3.8, 4) is 0 Å². The van der Waals surface area contributed by atoms with Gasteiger partial charge >= 0.3 is 0 Å². The zero-order valence-electron chi connectivity index (χ0n) is 16.0. The number of aryl methyl sites for hydroxylation is 2. The number of hydrogen-bond donors (Lipinski definition) is 3. The summed E-state index contributed by atoms with van der Waals surface area (Å²) in [6.07, 6.45) is 4.45. The van der Waals surface area contributed by atoms with Crippen LogP contribution < -0.4 is 10.6 Å². The van der Waals surface area contributed by atoms with Crippen LogP contribution in [0.3, 0.4) is 0 Å². The molecule has 8 heteroatoms. The van der Waals surface area contributed by atoms with Gasteiger partial charge in [-0.2, -0.15) is 5.10 Å². The molecule has 0 saturated heterocycles. The molecular formula is C19H24N6O2. The third-order valence-electron chi connectivity index (χ3n) is 4.39. The van der Waals surface area contributed by atoms with E-state index in [0.717, 1.165) is 29.0 Å². The molecule has 0 aliphatic heterocycles. The van der Waals surface area contributed by atoms with Crippen molar-refractivity contribution in [2.75, 3.05) is 11.9 Å². The van der Waals surface area contributed by atoms with Crippen LogP contribution in [-0.2, 0) is 6.42 Å². The van der Waals surface area contributed by atoms with Crippen LogP contribution in [0.1, 0.15) is 51.9 Å². The van der Waals surface area contributed by atoms with E-state index in [9.17, 15) is 4.79 Å². The van der Waals surface area contributed by atoms with Crippen LogP contribution in [0.4, 0.5) is 5.82 Å². The molecule has 0 aromatic carbocycles. The van der Waals surface area contributed by atoms with E-state index in [-0.39, 0.29) is 17.8 Å². The minimum atomic E-state index is -0.336. The summed E-state index contributed by atoms with van der Waals surface area (Å²) in [5.41, 5.74) is 2.79. The molecule has 3 aromatic heterocycles. The van der Waals surface area contributed by atoms with Gasteiger partial charge in [0.05, 0.1) is 12.2 Å². The van der Waals surface area contributed by atoms with Crippen molar-refractivity contribution in [2.24, 2.45) is 0 Å². The van der Waals surface area contributed by atoms with Gasteiger partial charge in [0, 0.05) is 24.0 Å². The monoisotopic (exact) mass is 368 g/mol. The van der Waals surface area contributed by atoms with Crippen LogP contribution in [0.15, 0.2) is 28.9 Å². The highest BCUT2D eigenvalue weighted by Crippen LogP contribution is 2.18. The highest BCUT2D eigenvalue weighted by atomic mass is 16.3. The van der Waals surface area contributed by atoms with Gasteiger partial charge in [0.15, 0.2) is 0 Å². The topological polar surface area (TPSA) is 109 Å². The number of hydrogen-bond acceptors (Lipinski definition) is 6. The standard InChI is InChI=1S/C19H24N6O2/c1-11-5-6-16(27-11)14(4)24-19(26)18-23-13(3)12(2)17(25-18)20-8-7-15-9-21-22-10-15/h5-6,9-10,14H,7-8H2,1-4H3,(H,21,22)(H,24,26)(H,20,23,25). The summed E-state index contributed by atoms with van der Waals surface area (Å²) in [5.74, 6) is 1.97. The lowest BCUT2D eigenvalue weighted by atomic mass is 10.2. The number of aromatic nitrogens is 4. The number of amides is 1. The zero-order valence-corrected chi connectivity index (χ0v) is 16.0. The van der Waals surface area contributed by atoms with E-state index in [2.05, 4.69) is 30.8 Å². The molecule has 27 heavy (non-hydrogen) atoms. The molecule has 3 heterocycles. The summed E-state index contributed by atoms with van der Waals surface area (Å²) in [6.45, 7) is 8.22. The number of H-pyrrole nitrogens is 1. The molecule has 0 aliphatic carbocycles. The van der Waals surface area contributed by atoms with Gasteiger partial charge in [-0.3, -0.25) is 9.89 Å². The normalized spacial score (nSPS) is 12.0. The molecule has 0 bridgehead atoms. The van der Waals surface area contributed by atoms with Gasteiger partial charge in [-0.1, -0.05) is 0 Å². The first-order valence-corrected chi connectivity index (χ1v) is 8.88. The SMILES string of the molecule is Cc1ccc(C(C)NC(=O)c2nc(C)c(C)c(NCCc3cn[nH]c3)n2)o1. The van der Waals surface area contributed by atoms with Crippen molar-refractivity contribution in [3.63, 3.8) is 0 Å². The predicted molar refractivity (Wildman–Crippen MR) is 102 cm³/mol. The van der Waals surface area contributed by atoms with E-state index in [4.69, 9.17) is 4.42 Å². The van der Waals surface area contributed by atoms with Crippen molar-refractivity contribution in [1.82, 2.24) is 25.5 Å². The van der Waals surface area contributed by atoms with Gasteiger partial charge in [0.2, 0.25) is 5.82 Å². The molecule has 0 spiro atoms. The number of furan rings is 1. The van der Waals surface area contributed by atoms with Crippen LogP contribution in [-0.4, -0.2) is 32.6 Å². The average molecular weight is 368 g/mol. The highest BCUT2D eigenvalue weighted by molar-refractivity contribution is 5.91. The van der Waals surface area contributed by atoms with Crippen molar-refractivity contribution >= 4 is 11.7 Å². The molecule has 0 radical (unpaired) electrons. The Hall–Kier alpha value is -3.16. The van der Waals surface area contributed by atoms with Gasteiger partial charge in [-0.15, -0.1) is 0 Å². The molecule has 1 unspecified atom stereocenters. The lowest BCUT2D eigenvalue weighted by Crippen LogP contribution is -2.29. The Labute approximate surface area is 157 Å². The minimum Gasteiger partial charge on any atom is -0.464 e. The van der Waals surface area contributed by atoms with Crippen molar-refractivity contribution in [1.29, 1.82) is 0 Å². The molecule has 1 atom stereocenters. The summed E-state index contributed by atoms with van der Waals surface area (Å²) in [4.78, 5) is 21.3. The molecular weight excluding hydrogens is 344 g/mol. The maximum absolute atomic E-state index is 12.6. The molecule has 3 rings (SSSR count). The lowest BCUT2D eigenvalue weighted by Gasteiger charge is -2.14. The van der Waals surface area contributed by atoms with Crippen LogP contribution in [0.2, 0.25) is 0 Å². The van der Waals surface area contributed by atoms with Crippen LogP contribution in [0.25, 0.3) is 0 Å². The van der Waals surface area contributed by atoms with E-state index in [1.165, 1.54) is 0 Å². The zero-order chi connectivity index (χ0) is 19.4. The predicted octanol–water partition coefficient (Wildman–Crippen LogP) is 2.86. The van der Waals surface area contributed by atoms with E-state index < -0.39 is 0 Å². The fraction of sp³-hybridized carbons (Fsp3) is 0.368. The third kappa shape index (κ3) is 4.52. The minimum absolute atomic E-state index is 0.138. The number of nitrogens with zero attached hydrogens (tertiary/aromatic N) is 3. The molecule has 1 amide bonds. The summed E-state index contributed by atoms with van der Waals surface area (Å²) in [7, 11) is 0. The fourth-order valence-electron chi connectivity index (χ4n) is 2.66. The second-order valence-electron chi connectivity index (χ2n) is 6.53. The maximum atomic E-state index is 12.6. The number of rotatable bonds is 7. The Morgan fingerprint density at radius 2 is 2.07 bits per heavy atom. The van der Waals surface area contributed by atoms with Crippen LogP contribution >= 0.6 is 0 Å². The molecule has 0 aliphatic rings. The average Bonchev–Trinajstić information content (AvgIpc) is 3.30. The van der Waals surface area contributed by atoms with Crippen molar-refractivity contribution in [2.45, 2.75) is 40.2 Å². The van der Waals surface area contributed by atoms with E-state index in [1.54, 1.807) is 6.20 Å². The first kappa shape index (κ1) is 18.6. The molecule has 0 fully saturated rings. The quantitative estimate of drug-likeness (QED) is 0.592. The first-order valence-electron chi connectivity index (χ1n) is 8.88. The molecule has 0 saturated carbocycles. The summed E-state index contributed by atoms with van der Waals surface area (Å²) in [5, 5.41) is 12.9. The van der Waals surface area contributed by atoms with Crippen molar-refractivity contribution in [3.05, 3.63) is 58.7 Å². The largest absolute Gasteiger partial charge is 0.464 e. The second kappa shape index (κ2) is 8.03. The number of aromatic amines is 1. The number of carbonyl (C=O) groups is 1. The fourth-order valence-corrected chi connectivity index (χ4v) is 2.66. The number of anilines is 1. The third-order valence-corrected chi connectivity index (χ3v) is 4.39. The van der Waals surface area contributed by atoms with E-state index in [1.807, 2.05) is 46.0 Å². The van der Waals surface area contributed by atoms with Crippen LogP contribution in [0, 0.1) is 20.8 Å². The Morgan fingerprint density at radius 3 is 2.74 bits per heavy atom. The summed E-state index contributed by atoms with van der Waals surface area (Å²) < 4.78 is 5.56. The van der Waals surface area contributed by atoms with Gasteiger partial charge in [-0.25, -0.2) is 9.97 Å². The Kier molecular flexibility index (Phi) is 5.54. The Bertz CT molecular complexity index is 916. The lowest BCUT2D eigenvalue weighted by molar-refractivity contribution is 0.0924. The smallest absolute Gasteiger partial charge is 0.289 e. The van der Waals surface area contributed by atoms with Gasteiger partial charge in [-0.05, 0) is 51.8 Å². The molecule has 142 valence electrons. The highest BCUT2D eigenvalue weighted by Gasteiger charge is 2.18. The van der Waals surface area contributed by atoms with Crippen LogP contribution in [0.5, 0.6) is 0 Å². The summed E-state index contributed by atoms with van der Waals surface area (Å²) >= 11 is 0. The van der Waals surface area contributed by atoms with Gasteiger partial charge in [0.1, 0.15) is 17.3 Å². The van der Waals surface area contributed by atoms with Crippen molar-refractivity contribution < 1.29 is 9.21 Å². The number of nitrogens with one attached hydrogen (secondary N) is 3. The van der Waals surface area contributed by atoms with Gasteiger partial charge < -0.3 is 15.1 Å². The molecule has 8 nitrogen and oxygen atoms in total. The summed E-state index contributed by atoms with van der Waals surface area (Å²) in [6, 6.07) is 3.45. The Morgan fingerprint density at radius 1 is 1.26 bits per heavy atom. The molecule has 3 aromatic rings. The first-order chi connectivity index (χ1) is 12.9. The maximum Gasteiger partial charge on any atom is 0.289 e.